The van der Waals surface area contributed by atoms with E-state index in [0.717, 1.165) is 16.7 Å². The Morgan fingerprint density at radius 3 is 2.57 bits per heavy atom. The van der Waals surface area contributed by atoms with Gasteiger partial charge in [0.05, 0.1) is 38.5 Å². The van der Waals surface area contributed by atoms with Crippen LogP contribution in [0.1, 0.15) is 36.8 Å². The highest BCUT2D eigenvalue weighted by molar-refractivity contribution is 7.07. The first-order valence-electron chi connectivity index (χ1n) is 11.6. The highest BCUT2D eigenvalue weighted by atomic mass is 35.5. The van der Waals surface area contributed by atoms with E-state index < -0.39 is 12.0 Å². The van der Waals surface area contributed by atoms with Crippen LogP contribution in [-0.4, -0.2) is 17.1 Å². The molecule has 37 heavy (non-hydrogen) atoms. The zero-order valence-electron chi connectivity index (χ0n) is 20.2. The van der Waals surface area contributed by atoms with Gasteiger partial charge in [0.1, 0.15) is 11.5 Å². The molecule has 0 saturated carbocycles. The van der Waals surface area contributed by atoms with Gasteiger partial charge in [0.25, 0.3) is 5.56 Å². The molecule has 1 atom stereocenters. The maximum absolute atomic E-state index is 13.7. The molecular weight excluding hydrogens is 531 g/mol. The number of hydrogen-bond donors (Lipinski definition) is 0. The Kier molecular flexibility index (Phi) is 6.94. The summed E-state index contributed by atoms with van der Waals surface area (Å²) < 4.78 is 13.3. The van der Waals surface area contributed by atoms with Gasteiger partial charge in [-0.05, 0) is 56.7 Å². The van der Waals surface area contributed by atoms with Gasteiger partial charge in [-0.25, -0.2) is 9.79 Å². The summed E-state index contributed by atoms with van der Waals surface area (Å²) in [4.78, 5) is 31.8. The molecule has 1 aliphatic heterocycles. The number of thiazole rings is 1. The van der Waals surface area contributed by atoms with E-state index in [4.69, 9.17) is 32.4 Å². The van der Waals surface area contributed by atoms with Crippen LogP contribution in [0.15, 0.2) is 80.1 Å². The normalized spacial score (nSPS) is 15.5. The topological polar surface area (TPSA) is 73.8 Å². The van der Waals surface area contributed by atoms with Gasteiger partial charge in [-0.15, -0.1) is 0 Å². The van der Waals surface area contributed by atoms with Crippen molar-refractivity contribution in [2.24, 2.45) is 4.99 Å². The Morgan fingerprint density at radius 1 is 1.11 bits per heavy atom. The molecule has 4 aromatic rings. The van der Waals surface area contributed by atoms with E-state index in [1.807, 2.05) is 37.3 Å². The molecule has 0 spiro atoms. The van der Waals surface area contributed by atoms with Gasteiger partial charge in [0.2, 0.25) is 0 Å². The number of aryl methyl sites for hydroxylation is 1. The quantitative estimate of drug-likeness (QED) is 0.299. The summed E-state index contributed by atoms with van der Waals surface area (Å²) in [7, 11) is 0. The average molecular weight is 553 g/mol. The number of benzene rings is 2. The van der Waals surface area contributed by atoms with Gasteiger partial charge >= 0.3 is 5.97 Å². The minimum absolute atomic E-state index is 0.223. The molecule has 0 bridgehead atoms. The van der Waals surface area contributed by atoms with Crippen molar-refractivity contribution in [2.75, 3.05) is 6.61 Å². The Hall–Kier alpha value is -3.39. The summed E-state index contributed by atoms with van der Waals surface area (Å²) in [6.45, 7) is 5.72. The van der Waals surface area contributed by atoms with Crippen molar-refractivity contribution < 1.29 is 13.9 Å². The number of nitrogens with zero attached hydrogens (tertiary/aromatic N) is 2. The smallest absolute Gasteiger partial charge is 0.338 e. The molecule has 6 nitrogen and oxygen atoms in total. The largest absolute Gasteiger partial charge is 0.463 e. The lowest BCUT2D eigenvalue weighted by molar-refractivity contribution is -0.139. The molecule has 0 unspecified atom stereocenters. The third-order valence-corrected chi connectivity index (χ3v) is 7.74. The fraction of sp³-hybridized carbons (Fsp3) is 0.179. The van der Waals surface area contributed by atoms with E-state index in [2.05, 4.69) is 4.99 Å². The van der Waals surface area contributed by atoms with Crippen molar-refractivity contribution >= 4 is 46.6 Å². The summed E-state index contributed by atoms with van der Waals surface area (Å²) in [5.41, 5.74) is 3.25. The number of fused-ring (bicyclic) bond motifs is 1. The fourth-order valence-corrected chi connectivity index (χ4v) is 5.54. The number of ether oxygens (including phenoxy) is 1. The molecule has 0 aliphatic carbocycles. The molecule has 0 saturated heterocycles. The van der Waals surface area contributed by atoms with Gasteiger partial charge in [0, 0.05) is 11.6 Å². The standard InChI is InChI=1S/C28H22Cl2N2O4S/c1-4-35-27(34)24-16(3)31-28-32(25(24)17-7-5-15(2)6-8-17)26(33)23(37-28)14-19-10-12-22(36-19)18-9-11-20(29)21(30)13-18/h5-14,25H,4H2,1-3H3/b23-14-/t25-/m1/s1. The Balaban J connectivity index is 1.62. The van der Waals surface area contributed by atoms with Gasteiger partial charge in [0.15, 0.2) is 4.80 Å². The predicted octanol–water partition coefficient (Wildman–Crippen LogP) is 5.67. The van der Waals surface area contributed by atoms with Gasteiger partial charge in [-0.3, -0.25) is 9.36 Å². The van der Waals surface area contributed by atoms with Crippen molar-refractivity contribution in [1.82, 2.24) is 4.57 Å². The lowest BCUT2D eigenvalue weighted by atomic mass is 9.95. The summed E-state index contributed by atoms with van der Waals surface area (Å²) in [5, 5.41) is 0.883. The maximum atomic E-state index is 13.7. The monoisotopic (exact) mass is 552 g/mol. The van der Waals surface area contributed by atoms with Crippen LogP contribution in [0.4, 0.5) is 0 Å². The SMILES string of the molecule is CCOC(=O)C1=C(C)N=c2s/c(=C\c3ccc(-c4ccc(Cl)c(Cl)c4)o3)c(=O)n2[C@@H]1c1ccc(C)cc1. The molecule has 0 N–H and O–H groups in total. The van der Waals surface area contributed by atoms with Crippen LogP contribution in [0.5, 0.6) is 0 Å². The van der Waals surface area contributed by atoms with Gasteiger partial charge < -0.3 is 9.15 Å². The van der Waals surface area contributed by atoms with E-state index in [-0.39, 0.29) is 12.2 Å². The summed E-state index contributed by atoms with van der Waals surface area (Å²) in [5.74, 6) is 0.607. The number of allylic oxidation sites excluding steroid dienone is 1. The van der Waals surface area contributed by atoms with Crippen molar-refractivity contribution in [1.29, 1.82) is 0 Å². The third kappa shape index (κ3) is 4.82. The van der Waals surface area contributed by atoms with Crippen LogP contribution >= 0.6 is 34.5 Å². The van der Waals surface area contributed by atoms with E-state index in [1.54, 1.807) is 48.8 Å². The molecule has 3 heterocycles. The second-order valence-corrected chi connectivity index (χ2v) is 10.4. The molecule has 2 aromatic carbocycles. The van der Waals surface area contributed by atoms with Gasteiger partial charge in [-0.1, -0.05) is 64.4 Å². The first kappa shape index (κ1) is 25.3. The number of rotatable bonds is 5. The summed E-state index contributed by atoms with van der Waals surface area (Å²) >= 11 is 13.4. The second-order valence-electron chi connectivity index (χ2n) is 8.54. The Labute approximate surface area is 226 Å². The van der Waals surface area contributed by atoms with E-state index in [1.165, 1.54) is 11.3 Å². The third-order valence-electron chi connectivity index (χ3n) is 6.01. The average Bonchev–Trinajstić information content (AvgIpc) is 3.45. The minimum Gasteiger partial charge on any atom is -0.463 e. The Morgan fingerprint density at radius 2 is 1.86 bits per heavy atom. The van der Waals surface area contributed by atoms with E-state index in [0.29, 0.717) is 42.2 Å². The lowest BCUT2D eigenvalue weighted by Gasteiger charge is -2.24. The van der Waals surface area contributed by atoms with Crippen molar-refractivity contribution in [3.05, 3.63) is 112 Å². The highest BCUT2D eigenvalue weighted by Crippen LogP contribution is 2.31. The number of carbonyl (C=O) groups is 1. The van der Waals surface area contributed by atoms with Crippen molar-refractivity contribution in [2.45, 2.75) is 26.8 Å². The number of carbonyl (C=O) groups excluding carboxylic acids is 1. The first-order valence-corrected chi connectivity index (χ1v) is 13.2. The summed E-state index contributed by atoms with van der Waals surface area (Å²) in [6, 6.07) is 15.9. The van der Waals surface area contributed by atoms with Crippen molar-refractivity contribution in [3.63, 3.8) is 0 Å². The van der Waals surface area contributed by atoms with Crippen LogP contribution in [0.3, 0.4) is 0 Å². The number of hydrogen-bond acceptors (Lipinski definition) is 6. The molecule has 0 fully saturated rings. The van der Waals surface area contributed by atoms with Crippen LogP contribution in [0.2, 0.25) is 10.0 Å². The first-order chi connectivity index (χ1) is 17.8. The molecule has 9 heteroatoms. The zero-order valence-corrected chi connectivity index (χ0v) is 22.6. The summed E-state index contributed by atoms with van der Waals surface area (Å²) in [6.07, 6.45) is 1.68. The Bertz CT molecular complexity index is 1730. The second kappa shape index (κ2) is 10.2. The molecule has 2 aromatic heterocycles. The molecule has 1 aliphatic rings. The predicted molar refractivity (Wildman–Crippen MR) is 146 cm³/mol. The van der Waals surface area contributed by atoms with Crippen LogP contribution in [0.25, 0.3) is 17.4 Å². The van der Waals surface area contributed by atoms with Gasteiger partial charge in [-0.2, -0.15) is 0 Å². The highest BCUT2D eigenvalue weighted by Gasteiger charge is 2.33. The van der Waals surface area contributed by atoms with E-state index in [9.17, 15) is 9.59 Å². The molecule has 0 amide bonds. The zero-order chi connectivity index (χ0) is 26.3. The minimum atomic E-state index is -0.651. The fourth-order valence-electron chi connectivity index (χ4n) is 4.22. The molecule has 0 radical (unpaired) electrons. The van der Waals surface area contributed by atoms with Crippen LogP contribution in [0, 0.1) is 6.92 Å². The molecule has 188 valence electrons. The number of halogens is 2. The van der Waals surface area contributed by atoms with Crippen LogP contribution < -0.4 is 14.9 Å². The lowest BCUT2D eigenvalue weighted by Crippen LogP contribution is -2.39. The number of furan rings is 1. The van der Waals surface area contributed by atoms with E-state index >= 15 is 0 Å². The maximum Gasteiger partial charge on any atom is 0.338 e. The van der Waals surface area contributed by atoms with Crippen LogP contribution in [-0.2, 0) is 9.53 Å². The molecular formula is C28H22Cl2N2O4S. The number of esters is 1. The number of aromatic nitrogens is 1. The van der Waals surface area contributed by atoms with Crippen molar-refractivity contribution in [3.8, 4) is 11.3 Å². The molecule has 5 rings (SSSR count).